The minimum Gasteiger partial charge on any atom is -0.325 e. The summed E-state index contributed by atoms with van der Waals surface area (Å²) in [6, 6.07) is 11.4. The van der Waals surface area contributed by atoms with Gasteiger partial charge in [-0.2, -0.15) is 11.8 Å². The highest BCUT2D eigenvalue weighted by atomic mass is 79.9. The van der Waals surface area contributed by atoms with Crippen LogP contribution in [0.15, 0.2) is 40.9 Å². The minimum absolute atomic E-state index is 0.129. The van der Waals surface area contributed by atoms with Crippen molar-refractivity contribution in [3.8, 4) is 0 Å². The number of nitrogens with two attached hydrogens (primary N) is 1. The van der Waals surface area contributed by atoms with E-state index in [-0.39, 0.29) is 5.91 Å². The first-order valence-corrected chi connectivity index (χ1v) is 8.53. The molecule has 0 fully saturated rings. The van der Waals surface area contributed by atoms with E-state index in [2.05, 4.69) is 21.2 Å². The second-order valence-corrected chi connectivity index (χ2v) is 6.48. The van der Waals surface area contributed by atoms with E-state index < -0.39 is 6.04 Å². The molecule has 1 amide bonds. The van der Waals surface area contributed by atoms with Gasteiger partial charge in [0.05, 0.1) is 6.04 Å². The van der Waals surface area contributed by atoms with Crippen LogP contribution in [0, 0.1) is 0 Å². The third kappa shape index (κ3) is 3.98. The van der Waals surface area contributed by atoms with Crippen molar-refractivity contribution in [1.29, 1.82) is 0 Å². The first kappa shape index (κ1) is 15.4. The lowest BCUT2D eigenvalue weighted by molar-refractivity contribution is -0.117. The molecule has 0 aliphatic rings. The zero-order valence-electron chi connectivity index (χ0n) is 11.2. The van der Waals surface area contributed by atoms with Gasteiger partial charge in [0.2, 0.25) is 5.91 Å². The molecule has 2 aromatic carbocycles. The number of halogens is 1. The van der Waals surface area contributed by atoms with Crippen molar-refractivity contribution >= 4 is 50.1 Å². The highest BCUT2D eigenvalue weighted by Crippen LogP contribution is 2.23. The second kappa shape index (κ2) is 7.11. The maximum atomic E-state index is 12.0. The van der Waals surface area contributed by atoms with Crippen molar-refractivity contribution in [2.24, 2.45) is 5.73 Å². The summed E-state index contributed by atoms with van der Waals surface area (Å²) >= 11 is 5.14. The van der Waals surface area contributed by atoms with E-state index in [1.807, 2.05) is 42.7 Å². The number of amides is 1. The molecule has 0 unspecified atom stereocenters. The van der Waals surface area contributed by atoms with Gasteiger partial charge in [-0.3, -0.25) is 4.79 Å². The molecule has 3 N–H and O–H groups in total. The fourth-order valence-corrected chi connectivity index (χ4v) is 2.77. The highest BCUT2D eigenvalue weighted by molar-refractivity contribution is 9.10. The van der Waals surface area contributed by atoms with Crippen LogP contribution in [-0.2, 0) is 4.79 Å². The zero-order chi connectivity index (χ0) is 14.5. The molecule has 2 aromatic rings. The molecule has 0 saturated carbocycles. The molecule has 3 nitrogen and oxygen atoms in total. The van der Waals surface area contributed by atoms with Crippen molar-refractivity contribution < 1.29 is 4.79 Å². The summed E-state index contributed by atoms with van der Waals surface area (Å²) in [5.41, 5.74) is 6.63. The molecular formula is C15H17BrN2OS. The van der Waals surface area contributed by atoms with Crippen LogP contribution in [0.2, 0.25) is 0 Å². The Labute approximate surface area is 131 Å². The maximum absolute atomic E-state index is 12.0. The van der Waals surface area contributed by atoms with Gasteiger partial charge in [0.15, 0.2) is 0 Å². The fourth-order valence-electron chi connectivity index (χ4n) is 1.91. The summed E-state index contributed by atoms with van der Waals surface area (Å²) < 4.78 is 1.04. The molecule has 5 heteroatoms. The predicted octanol–water partition coefficient (Wildman–Crippen LogP) is 3.62. The lowest BCUT2D eigenvalue weighted by Crippen LogP contribution is -2.36. The van der Waals surface area contributed by atoms with Gasteiger partial charge < -0.3 is 11.1 Å². The second-order valence-electron chi connectivity index (χ2n) is 4.58. The van der Waals surface area contributed by atoms with Crippen molar-refractivity contribution in [1.82, 2.24) is 0 Å². The predicted molar refractivity (Wildman–Crippen MR) is 91.3 cm³/mol. The van der Waals surface area contributed by atoms with Crippen molar-refractivity contribution in [2.75, 3.05) is 17.3 Å². The van der Waals surface area contributed by atoms with Crippen LogP contribution in [0.1, 0.15) is 6.42 Å². The number of hydrogen-bond acceptors (Lipinski definition) is 3. The van der Waals surface area contributed by atoms with Crippen molar-refractivity contribution in [2.45, 2.75) is 12.5 Å². The van der Waals surface area contributed by atoms with Crippen LogP contribution in [0.5, 0.6) is 0 Å². The number of fused-ring (bicyclic) bond motifs is 1. The number of anilines is 1. The summed E-state index contributed by atoms with van der Waals surface area (Å²) in [7, 11) is 0. The van der Waals surface area contributed by atoms with Crippen LogP contribution in [0.4, 0.5) is 5.69 Å². The molecule has 0 aromatic heterocycles. The molecule has 2 rings (SSSR count). The number of carbonyl (C=O) groups excluding carboxylic acids is 1. The number of benzene rings is 2. The molecule has 0 aliphatic carbocycles. The topological polar surface area (TPSA) is 55.1 Å². The molecule has 0 bridgehead atoms. The zero-order valence-corrected chi connectivity index (χ0v) is 13.6. The van der Waals surface area contributed by atoms with E-state index in [1.165, 1.54) is 0 Å². The van der Waals surface area contributed by atoms with Gasteiger partial charge in [0, 0.05) is 10.2 Å². The van der Waals surface area contributed by atoms with Gasteiger partial charge in [-0.1, -0.05) is 28.1 Å². The Morgan fingerprint density at radius 3 is 2.75 bits per heavy atom. The smallest absolute Gasteiger partial charge is 0.241 e. The van der Waals surface area contributed by atoms with Crippen LogP contribution in [0.3, 0.4) is 0 Å². The van der Waals surface area contributed by atoms with Crippen LogP contribution < -0.4 is 11.1 Å². The first-order valence-electron chi connectivity index (χ1n) is 6.35. The molecular weight excluding hydrogens is 336 g/mol. The molecule has 0 saturated heterocycles. The van der Waals surface area contributed by atoms with Gasteiger partial charge in [0.1, 0.15) is 0 Å². The average Bonchev–Trinajstić information content (AvgIpc) is 2.44. The quantitative estimate of drug-likeness (QED) is 0.863. The standard InChI is InChI=1S/C15H17BrN2OS/c1-20-7-6-14(17)15(19)18-13-5-3-10-8-12(16)4-2-11(10)9-13/h2-5,8-9,14H,6-7,17H2,1H3,(H,18,19)/t14-/m1/s1. The van der Waals surface area contributed by atoms with Crippen LogP contribution >= 0.6 is 27.7 Å². The number of hydrogen-bond donors (Lipinski definition) is 2. The largest absolute Gasteiger partial charge is 0.325 e. The third-order valence-electron chi connectivity index (χ3n) is 3.04. The van der Waals surface area contributed by atoms with Gasteiger partial charge in [-0.25, -0.2) is 0 Å². The number of thioether (sulfide) groups is 1. The monoisotopic (exact) mass is 352 g/mol. The molecule has 106 valence electrons. The minimum atomic E-state index is -0.455. The fraction of sp³-hybridized carbons (Fsp3) is 0.267. The Kier molecular flexibility index (Phi) is 5.46. The average molecular weight is 353 g/mol. The SMILES string of the molecule is CSCC[C@@H](N)C(=O)Nc1ccc2cc(Br)ccc2c1. The van der Waals surface area contributed by atoms with Crippen molar-refractivity contribution in [3.63, 3.8) is 0 Å². The Bertz CT molecular complexity index is 618. The van der Waals surface area contributed by atoms with Gasteiger partial charge in [-0.15, -0.1) is 0 Å². The molecule has 20 heavy (non-hydrogen) atoms. The number of carbonyl (C=O) groups is 1. The molecule has 0 spiro atoms. The molecule has 1 atom stereocenters. The van der Waals surface area contributed by atoms with E-state index in [9.17, 15) is 4.79 Å². The van der Waals surface area contributed by atoms with E-state index in [4.69, 9.17) is 5.73 Å². The van der Waals surface area contributed by atoms with Gasteiger partial charge >= 0.3 is 0 Å². The Morgan fingerprint density at radius 1 is 1.30 bits per heavy atom. The summed E-state index contributed by atoms with van der Waals surface area (Å²) in [6.07, 6.45) is 2.69. The lowest BCUT2D eigenvalue weighted by atomic mass is 10.1. The highest BCUT2D eigenvalue weighted by Gasteiger charge is 2.13. The van der Waals surface area contributed by atoms with Gasteiger partial charge in [0.25, 0.3) is 0 Å². The normalized spacial score (nSPS) is 12.3. The van der Waals surface area contributed by atoms with Crippen LogP contribution in [0.25, 0.3) is 10.8 Å². The van der Waals surface area contributed by atoms with Crippen molar-refractivity contribution in [3.05, 3.63) is 40.9 Å². The number of nitrogens with one attached hydrogen (secondary N) is 1. The molecule has 0 heterocycles. The lowest BCUT2D eigenvalue weighted by Gasteiger charge is -2.12. The third-order valence-corrected chi connectivity index (χ3v) is 4.18. The first-order chi connectivity index (χ1) is 9.60. The summed E-state index contributed by atoms with van der Waals surface area (Å²) in [6.45, 7) is 0. The summed E-state index contributed by atoms with van der Waals surface area (Å²) in [4.78, 5) is 12.0. The molecule has 0 aliphatic heterocycles. The van der Waals surface area contributed by atoms with E-state index >= 15 is 0 Å². The maximum Gasteiger partial charge on any atom is 0.241 e. The Balaban J connectivity index is 2.09. The van der Waals surface area contributed by atoms with E-state index in [1.54, 1.807) is 11.8 Å². The Morgan fingerprint density at radius 2 is 2.00 bits per heavy atom. The van der Waals surface area contributed by atoms with Crippen LogP contribution in [-0.4, -0.2) is 24.0 Å². The molecule has 0 radical (unpaired) electrons. The summed E-state index contributed by atoms with van der Waals surface area (Å²) in [5.74, 6) is 0.760. The Hall–Kier alpha value is -1.04. The number of rotatable bonds is 5. The summed E-state index contributed by atoms with van der Waals surface area (Å²) in [5, 5.41) is 5.09. The van der Waals surface area contributed by atoms with E-state index in [0.717, 1.165) is 26.7 Å². The van der Waals surface area contributed by atoms with Gasteiger partial charge in [-0.05, 0) is 53.5 Å². The van der Waals surface area contributed by atoms with E-state index in [0.29, 0.717) is 6.42 Å².